The van der Waals surface area contributed by atoms with Crippen LogP contribution in [0.2, 0.25) is 0 Å². The van der Waals surface area contributed by atoms with Gasteiger partial charge in [0.1, 0.15) is 5.82 Å². The number of esters is 1. The van der Waals surface area contributed by atoms with E-state index in [4.69, 9.17) is 16.2 Å². The van der Waals surface area contributed by atoms with Crippen LogP contribution >= 0.6 is 0 Å². The lowest BCUT2D eigenvalue weighted by Crippen LogP contribution is -2.02. The van der Waals surface area contributed by atoms with E-state index in [1.54, 1.807) is 12.1 Å². The Morgan fingerprint density at radius 2 is 1.67 bits per heavy atom. The summed E-state index contributed by atoms with van der Waals surface area (Å²) in [4.78, 5) is 19.6. The van der Waals surface area contributed by atoms with Gasteiger partial charge in [0, 0.05) is 5.39 Å². The van der Waals surface area contributed by atoms with E-state index in [1.807, 2.05) is 30.3 Å². The van der Waals surface area contributed by atoms with E-state index in [-0.39, 0.29) is 11.9 Å². The number of benzene rings is 2. The zero-order chi connectivity index (χ0) is 17.1. The second kappa shape index (κ2) is 6.54. The van der Waals surface area contributed by atoms with Gasteiger partial charge in [-0.1, -0.05) is 18.2 Å². The molecular formula is C18H18N4O2. The van der Waals surface area contributed by atoms with Crippen molar-refractivity contribution < 1.29 is 9.53 Å². The van der Waals surface area contributed by atoms with Crippen LogP contribution in [0.15, 0.2) is 42.5 Å². The van der Waals surface area contributed by atoms with Gasteiger partial charge < -0.3 is 16.2 Å². The maximum absolute atomic E-state index is 11.4. The molecule has 6 nitrogen and oxygen atoms in total. The molecule has 122 valence electrons. The van der Waals surface area contributed by atoms with Crippen LogP contribution in [0.25, 0.3) is 10.9 Å². The molecule has 6 heteroatoms. The lowest BCUT2D eigenvalue weighted by molar-refractivity contribution is 0.0600. The molecule has 0 fully saturated rings. The Kier molecular flexibility index (Phi) is 4.29. The third kappa shape index (κ3) is 3.27. The molecule has 1 aromatic heterocycles. The molecule has 0 radical (unpaired) electrons. The SMILES string of the molecule is COC(=O)c1ccc(CCc2ccc3nc(N)nc(N)c3c2)cc1. The monoisotopic (exact) mass is 322 g/mol. The molecule has 0 spiro atoms. The van der Waals surface area contributed by atoms with E-state index in [1.165, 1.54) is 7.11 Å². The predicted octanol–water partition coefficient (Wildman–Crippen LogP) is 2.37. The summed E-state index contributed by atoms with van der Waals surface area (Å²) in [6.07, 6.45) is 1.69. The number of ether oxygens (including phenoxy) is 1. The highest BCUT2D eigenvalue weighted by molar-refractivity contribution is 5.90. The van der Waals surface area contributed by atoms with Gasteiger partial charge in [0.15, 0.2) is 0 Å². The molecule has 0 aliphatic carbocycles. The van der Waals surface area contributed by atoms with Crippen molar-refractivity contribution in [3.05, 3.63) is 59.2 Å². The molecule has 0 saturated heterocycles. The molecule has 0 bridgehead atoms. The Balaban J connectivity index is 1.74. The standard InChI is InChI=1S/C18H18N4O2/c1-24-17(23)13-7-4-11(5-8-13)2-3-12-6-9-15-14(10-12)16(19)22-18(20)21-15/h4-10H,2-3H2,1H3,(H4,19,20,21,22). The number of nitrogen functional groups attached to an aromatic ring is 2. The van der Waals surface area contributed by atoms with E-state index in [2.05, 4.69) is 9.97 Å². The fourth-order valence-electron chi connectivity index (χ4n) is 2.59. The molecule has 0 atom stereocenters. The minimum Gasteiger partial charge on any atom is -0.465 e. The first-order chi connectivity index (χ1) is 11.6. The number of aromatic nitrogens is 2. The van der Waals surface area contributed by atoms with Crippen LogP contribution in [0.5, 0.6) is 0 Å². The van der Waals surface area contributed by atoms with Crippen LogP contribution in [0.1, 0.15) is 21.5 Å². The Labute approximate surface area is 139 Å². The van der Waals surface area contributed by atoms with E-state index >= 15 is 0 Å². The fraction of sp³-hybridized carbons (Fsp3) is 0.167. The van der Waals surface area contributed by atoms with Crippen molar-refractivity contribution in [1.82, 2.24) is 9.97 Å². The van der Waals surface area contributed by atoms with Crippen LogP contribution in [-0.2, 0) is 17.6 Å². The second-order valence-corrected chi connectivity index (χ2v) is 5.51. The molecule has 3 aromatic rings. The zero-order valence-electron chi connectivity index (χ0n) is 13.3. The molecule has 24 heavy (non-hydrogen) atoms. The van der Waals surface area contributed by atoms with Crippen LogP contribution < -0.4 is 11.5 Å². The number of fused-ring (bicyclic) bond motifs is 1. The van der Waals surface area contributed by atoms with Crippen molar-refractivity contribution in [1.29, 1.82) is 0 Å². The quantitative estimate of drug-likeness (QED) is 0.715. The summed E-state index contributed by atoms with van der Waals surface area (Å²) < 4.78 is 4.69. The molecule has 1 heterocycles. The molecule has 0 unspecified atom stereocenters. The number of anilines is 2. The minimum absolute atomic E-state index is 0.179. The van der Waals surface area contributed by atoms with Gasteiger partial charge in [0.25, 0.3) is 0 Å². The number of hydrogen-bond donors (Lipinski definition) is 2. The largest absolute Gasteiger partial charge is 0.465 e. The normalized spacial score (nSPS) is 10.7. The first kappa shape index (κ1) is 15.7. The minimum atomic E-state index is -0.328. The number of methoxy groups -OCH3 is 1. The summed E-state index contributed by atoms with van der Waals surface area (Å²) in [6.45, 7) is 0. The van der Waals surface area contributed by atoms with Crippen LogP contribution in [-0.4, -0.2) is 23.0 Å². The Morgan fingerprint density at radius 3 is 2.38 bits per heavy atom. The molecule has 0 aliphatic heterocycles. The maximum Gasteiger partial charge on any atom is 0.337 e. The molecule has 2 aromatic carbocycles. The van der Waals surface area contributed by atoms with Crippen LogP contribution in [0, 0.1) is 0 Å². The summed E-state index contributed by atoms with van der Waals surface area (Å²) in [5.41, 5.74) is 15.1. The zero-order valence-corrected chi connectivity index (χ0v) is 13.3. The third-order valence-electron chi connectivity index (χ3n) is 3.88. The average molecular weight is 322 g/mol. The number of nitrogens with zero attached hydrogens (tertiary/aromatic N) is 2. The first-order valence-electron chi connectivity index (χ1n) is 7.55. The maximum atomic E-state index is 11.4. The van der Waals surface area contributed by atoms with Crippen LogP contribution in [0.3, 0.4) is 0 Å². The van der Waals surface area contributed by atoms with Gasteiger partial charge in [0.05, 0.1) is 18.2 Å². The molecule has 0 saturated carbocycles. The number of carbonyl (C=O) groups is 1. The fourth-order valence-corrected chi connectivity index (χ4v) is 2.59. The van der Waals surface area contributed by atoms with Gasteiger partial charge in [-0.3, -0.25) is 0 Å². The summed E-state index contributed by atoms with van der Waals surface area (Å²) in [7, 11) is 1.37. The van der Waals surface area contributed by atoms with Crippen molar-refractivity contribution in [3.8, 4) is 0 Å². The summed E-state index contributed by atoms with van der Waals surface area (Å²) in [6, 6.07) is 13.3. The topological polar surface area (TPSA) is 104 Å². The third-order valence-corrected chi connectivity index (χ3v) is 3.88. The number of aryl methyl sites for hydroxylation is 2. The Bertz CT molecular complexity index is 891. The smallest absolute Gasteiger partial charge is 0.337 e. The summed E-state index contributed by atoms with van der Waals surface area (Å²) in [5.74, 6) is 0.242. The molecular weight excluding hydrogens is 304 g/mol. The van der Waals surface area contributed by atoms with Gasteiger partial charge in [-0.25, -0.2) is 9.78 Å². The Hall–Kier alpha value is -3.15. The molecule has 3 rings (SSSR count). The van der Waals surface area contributed by atoms with E-state index in [0.717, 1.165) is 34.9 Å². The van der Waals surface area contributed by atoms with Crippen LogP contribution in [0.4, 0.5) is 11.8 Å². The summed E-state index contributed by atoms with van der Waals surface area (Å²) in [5, 5.41) is 0.808. The summed E-state index contributed by atoms with van der Waals surface area (Å²) >= 11 is 0. The number of rotatable bonds is 4. The second-order valence-electron chi connectivity index (χ2n) is 5.51. The van der Waals surface area contributed by atoms with E-state index in [0.29, 0.717) is 11.4 Å². The molecule has 0 aliphatic rings. The van der Waals surface area contributed by atoms with Gasteiger partial charge >= 0.3 is 5.97 Å². The first-order valence-corrected chi connectivity index (χ1v) is 7.55. The van der Waals surface area contributed by atoms with Crippen molar-refractivity contribution in [2.45, 2.75) is 12.8 Å². The van der Waals surface area contributed by atoms with Crippen molar-refractivity contribution >= 4 is 28.6 Å². The predicted molar refractivity (Wildman–Crippen MR) is 93.6 cm³/mol. The molecule has 0 amide bonds. The van der Waals surface area contributed by atoms with E-state index in [9.17, 15) is 4.79 Å². The number of carbonyl (C=O) groups excluding carboxylic acids is 1. The highest BCUT2D eigenvalue weighted by atomic mass is 16.5. The van der Waals surface area contributed by atoms with Gasteiger partial charge in [-0.05, 0) is 48.2 Å². The van der Waals surface area contributed by atoms with Crippen molar-refractivity contribution in [2.24, 2.45) is 0 Å². The molecule has 4 N–H and O–H groups in total. The highest BCUT2D eigenvalue weighted by Gasteiger charge is 2.06. The van der Waals surface area contributed by atoms with Gasteiger partial charge in [0.2, 0.25) is 5.95 Å². The van der Waals surface area contributed by atoms with Crippen molar-refractivity contribution in [3.63, 3.8) is 0 Å². The lowest BCUT2D eigenvalue weighted by Gasteiger charge is -2.07. The van der Waals surface area contributed by atoms with E-state index < -0.39 is 0 Å². The van der Waals surface area contributed by atoms with Gasteiger partial charge in [-0.15, -0.1) is 0 Å². The Morgan fingerprint density at radius 1 is 1.00 bits per heavy atom. The van der Waals surface area contributed by atoms with Gasteiger partial charge in [-0.2, -0.15) is 4.98 Å². The highest BCUT2D eigenvalue weighted by Crippen LogP contribution is 2.21. The lowest BCUT2D eigenvalue weighted by atomic mass is 10.0. The average Bonchev–Trinajstić information content (AvgIpc) is 2.60. The number of nitrogens with two attached hydrogens (primary N) is 2. The number of hydrogen-bond acceptors (Lipinski definition) is 6. The van der Waals surface area contributed by atoms with Crippen molar-refractivity contribution in [2.75, 3.05) is 18.6 Å².